The highest BCUT2D eigenvalue weighted by Gasteiger charge is 2.18. The monoisotopic (exact) mass is 366 g/mol. The summed E-state index contributed by atoms with van der Waals surface area (Å²) < 4.78 is 12.8. The van der Waals surface area contributed by atoms with Crippen molar-refractivity contribution in [2.75, 3.05) is 13.4 Å². The number of hydrogen-bond donors (Lipinski definition) is 0. The Kier molecular flexibility index (Phi) is 5.19. The summed E-state index contributed by atoms with van der Waals surface area (Å²) in [6, 6.07) is 7.51. The molecule has 0 fully saturated rings. The van der Waals surface area contributed by atoms with Crippen molar-refractivity contribution in [1.82, 2.24) is 20.4 Å². The van der Waals surface area contributed by atoms with Gasteiger partial charge in [-0.3, -0.25) is 0 Å². The second-order valence-corrected chi connectivity index (χ2v) is 8.09. The minimum atomic E-state index is 0.0113. The van der Waals surface area contributed by atoms with E-state index in [2.05, 4.69) is 20.4 Å². The second kappa shape index (κ2) is 7.33. The van der Waals surface area contributed by atoms with Gasteiger partial charge in [0.2, 0.25) is 11.8 Å². The predicted molar refractivity (Wildman–Crippen MR) is 92.2 cm³/mol. The van der Waals surface area contributed by atoms with Gasteiger partial charge in [0.1, 0.15) is 5.75 Å². The van der Waals surface area contributed by atoms with Crippen LogP contribution < -0.4 is 4.74 Å². The highest BCUT2D eigenvalue weighted by Crippen LogP contribution is 2.37. The van der Waals surface area contributed by atoms with Crippen molar-refractivity contribution >= 4 is 34.9 Å². The van der Waals surface area contributed by atoms with Crippen LogP contribution in [0.5, 0.6) is 5.75 Å². The molecule has 0 N–H and O–H groups in total. The zero-order valence-electron chi connectivity index (χ0n) is 12.7. The molecule has 2 heterocycles. The third-order valence-electron chi connectivity index (χ3n) is 2.97. The first kappa shape index (κ1) is 16.3. The molecule has 3 rings (SSSR count). The normalized spacial score (nSPS) is 12.3. The topological polar surface area (TPSA) is 73.9 Å². The minimum absolute atomic E-state index is 0.0113. The summed E-state index contributed by atoms with van der Waals surface area (Å²) in [7, 11) is 1.63. The highest BCUT2D eigenvalue weighted by molar-refractivity contribution is 8.03. The molecule has 0 aliphatic rings. The van der Waals surface area contributed by atoms with Gasteiger partial charge in [0.15, 0.2) is 8.68 Å². The van der Waals surface area contributed by atoms with Crippen molar-refractivity contribution in [3.63, 3.8) is 0 Å². The van der Waals surface area contributed by atoms with Crippen LogP contribution in [0.2, 0.25) is 0 Å². The third kappa shape index (κ3) is 3.85. The molecule has 2 aromatic heterocycles. The summed E-state index contributed by atoms with van der Waals surface area (Å²) in [5, 5.41) is 16.5. The Morgan fingerprint density at radius 2 is 1.83 bits per heavy atom. The first-order valence-corrected chi connectivity index (χ1v) is 9.63. The van der Waals surface area contributed by atoms with Crippen LogP contribution in [-0.4, -0.2) is 33.8 Å². The number of nitrogens with zero attached hydrogens (tertiary/aromatic N) is 4. The van der Waals surface area contributed by atoms with Gasteiger partial charge in [0, 0.05) is 5.56 Å². The van der Waals surface area contributed by atoms with Gasteiger partial charge in [-0.15, -0.1) is 20.4 Å². The van der Waals surface area contributed by atoms with E-state index in [4.69, 9.17) is 9.15 Å². The largest absolute Gasteiger partial charge is 0.497 e. The quantitative estimate of drug-likeness (QED) is 0.602. The summed E-state index contributed by atoms with van der Waals surface area (Å²) in [5.41, 5.74) is 0.863. The lowest BCUT2D eigenvalue weighted by atomic mass is 10.2. The lowest BCUT2D eigenvalue weighted by Gasteiger charge is -2.02. The summed E-state index contributed by atoms with van der Waals surface area (Å²) in [5.74, 6) is 1.86. The molecule has 0 amide bonds. The Labute approximate surface area is 146 Å². The predicted octanol–water partition coefficient (Wildman–Crippen LogP) is 4.17. The van der Waals surface area contributed by atoms with Gasteiger partial charge in [-0.25, -0.2) is 0 Å². The number of thioether (sulfide) groups is 2. The van der Waals surface area contributed by atoms with E-state index in [0.717, 1.165) is 20.0 Å². The molecule has 1 unspecified atom stereocenters. The van der Waals surface area contributed by atoms with E-state index in [1.54, 1.807) is 42.0 Å². The molecule has 0 spiro atoms. The molecule has 0 saturated heterocycles. The van der Waals surface area contributed by atoms with Gasteiger partial charge in [0.25, 0.3) is 0 Å². The molecule has 3 aromatic rings. The van der Waals surface area contributed by atoms with Crippen molar-refractivity contribution in [3.05, 3.63) is 30.2 Å². The van der Waals surface area contributed by atoms with Crippen molar-refractivity contribution in [3.8, 4) is 17.2 Å². The van der Waals surface area contributed by atoms with E-state index in [9.17, 15) is 0 Å². The fraction of sp³-hybridized carbons (Fsp3) is 0.286. The maximum atomic E-state index is 5.78. The minimum Gasteiger partial charge on any atom is -0.497 e. The molecule has 0 radical (unpaired) electrons. The first-order valence-electron chi connectivity index (χ1n) is 6.71. The number of hydrogen-bond acceptors (Lipinski definition) is 9. The Bertz CT molecular complexity index is 772. The van der Waals surface area contributed by atoms with Gasteiger partial charge in [-0.05, 0) is 37.4 Å². The molecule has 0 aliphatic carbocycles. The molecular formula is C14H14N4O2S3. The molecule has 0 saturated carbocycles. The molecule has 1 atom stereocenters. The van der Waals surface area contributed by atoms with Crippen LogP contribution in [0.25, 0.3) is 11.5 Å². The standard InChI is InChI=1S/C14H14N4O2S3/c1-8(22-14-18-17-13(21-3)23-14)11-15-16-12(20-11)9-4-6-10(19-2)7-5-9/h4-8H,1-3H3. The Hall–Kier alpha value is -1.58. The van der Waals surface area contributed by atoms with Crippen molar-refractivity contribution in [2.45, 2.75) is 20.9 Å². The summed E-state index contributed by atoms with van der Waals surface area (Å²) in [6.45, 7) is 2.01. The summed E-state index contributed by atoms with van der Waals surface area (Å²) in [6.07, 6.45) is 1.98. The molecule has 23 heavy (non-hydrogen) atoms. The Morgan fingerprint density at radius 1 is 1.09 bits per heavy atom. The van der Waals surface area contributed by atoms with Gasteiger partial charge >= 0.3 is 0 Å². The van der Waals surface area contributed by atoms with Crippen molar-refractivity contribution in [2.24, 2.45) is 0 Å². The van der Waals surface area contributed by atoms with Crippen LogP contribution in [0.15, 0.2) is 37.4 Å². The van der Waals surface area contributed by atoms with Gasteiger partial charge in [-0.2, -0.15) is 0 Å². The van der Waals surface area contributed by atoms with Crippen molar-refractivity contribution < 1.29 is 9.15 Å². The van der Waals surface area contributed by atoms with E-state index < -0.39 is 0 Å². The third-order valence-corrected chi connectivity index (χ3v) is 6.04. The molecule has 9 heteroatoms. The van der Waals surface area contributed by atoms with Gasteiger partial charge in [0.05, 0.1) is 12.4 Å². The molecule has 0 aliphatic heterocycles. The van der Waals surface area contributed by atoms with E-state index in [1.807, 2.05) is 37.4 Å². The number of methoxy groups -OCH3 is 1. The lowest BCUT2D eigenvalue weighted by molar-refractivity contribution is 0.415. The fourth-order valence-electron chi connectivity index (χ4n) is 1.78. The number of ether oxygens (including phenoxy) is 1. The van der Waals surface area contributed by atoms with Crippen LogP contribution in [-0.2, 0) is 0 Å². The van der Waals surface area contributed by atoms with E-state index in [-0.39, 0.29) is 5.25 Å². The maximum absolute atomic E-state index is 5.78. The highest BCUT2D eigenvalue weighted by atomic mass is 32.2. The van der Waals surface area contributed by atoms with E-state index in [0.29, 0.717) is 11.8 Å². The average Bonchev–Trinajstić information content (AvgIpc) is 3.24. The SMILES string of the molecule is COc1ccc(-c2nnc(C(C)Sc3nnc(SC)s3)o2)cc1. The van der Waals surface area contributed by atoms with Crippen LogP contribution in [0.3, 0.4) is 0 Å². The number of benzene rings is 1. The van der Waals surface area contributed by atoms with Crippen LogP contribution in [0, 0.1) is 0 Å². The maximum Gasteiger partial charge on any atom is 0.247 e. The molecule has 6 nitrogen and oxygen atoms in total. The Balaban J connectivity index is 1.72. The van der Waals surface area contributed by atoms with Crippen LogP contribution in [0.1, 0.15) is 18.1 Å². The zero-order chi connectivity index (χ0) is 16.2. The smallest absolute Gasteiger partial charge is 0.247 e. The number of rotatable bonds is 6. The zero-order valence-corrected chi connectivity index (χ0v) is 15.2. The first-order chi connectivity index (χ1) is 11.2. The molecule has 1 aromatic carbocycles. The van der Waals surface area contributed by atoms with Gasteiger partial charge < -0.3 is 9.15 Å². The van der Waals surface area contributed by atoms with Crippen LogP contribution in [0.4, 0.5) is 0 Å². The van der Waals surface area contributed by atoms with Crippen LogP contribution >= 0.6 is 34.9 Å². The van der Waals surface area contributed by atoms with Crippen molar-refractivity contribution in [1.29, 1.82) is 0 Å². The molecule has 120 valence electrons. The summed E-state index contributed by atoms with van der Waals surface area (Å²) in [4.78, 5) is 0. The second-order valence-electron chi connectivity index (χ2n) is 4.47. The van der Waals surface area contributed by atoms with E-state index in [1.165, 1.54) is 0 Å². The Morgan fingerprint density at radius 3 is 2.48 bits per heavy atom. The molecule has 0 bridgehead atoms. The summed E-state index contributed by atoms with van der Waals surface area (Å²) >= 11 is 4.71. The average molecular weight is 366 g/mol. The van der Waals surface area contributed by atoms with Gasteiger partial charge in [-0.1, -0.05) is 34.9 Å². The number of aromatic nitrogens is 4. The lowest BCUT2D eigenvalue weighted by Crippen LogP contribution is -1.88. The fourth-order valence-corrected chi connectivity index (χ4v) is 4.39. The van der Waals surface area contributed by atoms with E-state index >= 15 is 0 Å². The molecular weight excluding hydrogens is 352 g/mol.